The number of nitrogens with zero attached hydrogens (tertiary/aromatic N) is 1. The van der Waals surface area contributed by atoms with Crippen LogP contribution < -0.4 is 5.32 Å². The quantitative estimate of drug-likeness (QED) is 0.889. The SMILES string of the molecule is CC(NC(=O)c1cccc(S(C)(=O)=O)c1)c1cn[nH]c1. The van der Waals surface area contributed by atoms with E-state index in [0.29, 0.717) is 5.56 Å². The molecule has 1 aromatic heterocycles. The minimum Gasteiger partial charge on any atom is -0.345 e. The number of nitrogens with one attached hydrogen (secondary N) is 2. The third kappa shape index (κ3) is 3.24. The molecule has 0 fully saturated rings. The summed E-state index contributed by atoms with van der Waals surface area (Å²) in [5.41, 5.74) is 1.15. The van der Waals surface area contributed by atoms with E-state index in [0.717, 1.165) is 11.8 Å². The van der Waals surface area contributed by atoms with E-state index in [1.165, 1.54) is 12.1 Å². The Morgan fingerprint density at radius 3 is 2.75 bits per heavy atom. The summed E-state index contributed by atoms with van der Waals surface area (Å²) in [5.74, 6) is -0.329. The van der Waals surface area contributed by atoms with E-state index in [4.69, 9.17) is 0 Å². The summed E-state index contributed by atoms with van der Waals surface area (Å²) in [5, 5.41) is 9.27. The van der Waals surface area contributed by atoms with E-state index in [-0.39, 0.29) is 16.8 Å². The van der Waals surface area contributed by atoms with Gasteiger partial charge in [0.05, 0.1) is 17.1 Å². The number of aromatic amines is 1. The van der Waals surface area contributed by atoms with Crippen LogP contribution in [0.15, 0.2) is 41.6 Å². The van der Waals surface area contributed by atoms with Crippen molar-refractivity contribution in [1.82, 2.24) is 15.5 Å². The van der Waals surface area contributed by atoms with Gasteiger partial charge in [0.2, 0.25) is 0 Å². The number of carbonyl (C=O) groups is 1. The number of hydrogen-bond acceptors (Lipinski definition) is 4. The van der Waals surface area contributed by atoms with Crippen LogP contribution in [0.1, 0.15) is 28.9 Å². The molecule has 0 aliphatic heterocycles. The lowest BCUT2D eigenvalue weighted by atomic mass is 10.1. The van der Waals surface area contributed by atoms with Gasteiger partial charge in [-0.15, -0.1) is 0 Å². The standard InChI is InChI=1S/C13H15N3O3S/c1-9(11-7-14-15-8-11)16-13(17)10-4-3-5-12(6-10)20(2,18)19/h3-9H,1-2H3,(H,14,15)(H,16,17). The van der Waals surface area contributed by atoms with Crippen molar-refractivity contribution in [1.29, 1.82) is 0 Å². The second-order valence-electron chi connectivity index (χ2n) is 4.53. The van der Waals surface area contributed by atoms with Crippen LogP contribution in [0, 0.1) is 0 Å². The lowest BCUT2D eigenvalue weighted by Crippen LogP contribution is -2.26. The number of hydrogen-bond donors (Lipinski definition) is 2. The number of rotatable bonds is 4. The maximum atomic E-state index is 12.1. The summed E-state index contributed by atoms with van der Waals surface area (Å²) < 4.78 is 22.9. The van der Waals surface area contributed by atoms with Gasteiger partial charge in [0, 0.05) is 23.6 Å². The third-order valence-corrected chi connectivity index (χ3v) is 4.00. The summed E-state index contributed by atoms with van der Waals surface area (Å²) in [4.78, 5) is 12.2. The average molecular weight is 293 g/mol. The molecule has 0 bridgehead atoms. The predicted octanol–water partition coefficient (Wildman–Crippen LogP) is 1.30. The minimum absolute atomic E-state index is 0.126. The van der Waals surface area contributed by atoms with Gasteiger partial charge in [-0.25, -0.2) is 8.42 Å². The van der Waals surface area contributed by atoms with Gasteiger partial charge in [-0.05, 0) is 25.1 Å². The molecule has 20 heavy (non-hydrogen) atoms. The number of amides is 1. The molecule has 1 heterocycles. The average Bonchev–Trinajstić information content (AvgIpc) is 2.91. The highest BCUT2D eigenvalue weighted by Gasteiger charge is 2.14. The molecule has 2 rings (SSSR count). The summed E-state index contributed by atoms with van der Waals surface area (Å²) in [6.45, 7) is 1.82. The highest BCUT2D eigenvalue weighted by atomic mass is 32.2. The Morgan fingerprint density at radius 1 is 1.40 bits per heavy atom. The van der Waals surface area contributed by atoms with Crippen molar-refractivity contribution in [3.8, 4) is 0 Å². The van der Waals surface area contributed by atoms with E-state index in [2.05, 4.69) is 15.5 Å². The van der Waals surface area contributed by atoms with E-state index < -0.39 is 9.84 Å². The smallest absolute Gasteiger partial charge is 0.251 e. The first kappa shape index (κ1) is 14.3. The monoisotopic (exact) mass is 293 g/mol. The van der Waals surface area contributed by atoms with Crippen molar-refractivity contribution >= 4 is 15.7 Å². The first-order chi connectivity index (χ1) is 9.38. The minimum atomic E-state index is -3.33. The van der Waals surface area contributed by atoms with Gasteiger partial charge in [-0.3, -0.25) is 9.89 Å². The van der Waals surface area contributed by atoms with Crippen LogP contribution in [0.25, 0.3) is 0 Å². The summed E-state index contributed by atoms with van der Waals surface area (Å²) in [6.07, 6.45) is 4.42. The lowest BCUT2D eigenvalue weighted by molar-refractivity contribution is 0.0939. The number of carbonyl (C=O) groups excluding carboxylic acids is 1. The van der Waals surface area contributed by atoms with E-state index in [1.54, 1.807) is 24.5 Å². The maximum Gasteiger partial charge on any atom is 0.251 e. The number of aromatic nitrogens is 2. The van der Waals surface area contributed by atoms with Crippen molar-refractivity contribution in [3.63, 3.8) is 0 Å². The molecule has 0 spiro atoms. The van der Waals surface area contributed by atoms with Crippen LogP contribution in [-0.4, -0.2) is 30.8 Å². The van der Waals surface area contributed by atoms with Gasteiger partial charge in [0.15, 0.2) is 9.84 Å². The Kier molecular flexibility index (Phi) is 3.89. The zero-order valence-corrected chi connectivity index (χ0v) is 11.9. The van der Waals surface area contributed by atoms with Crippen molar-refractivity contribution in [2.75, 3.05) is 6.26 Å². The Bertz CT molecular complexity index is 708. The molecule has 1 aromatic carbocycles. The molecule has 0 saturated carbocycles. The highest BCUT2D eigenvalue weighted by Crippen LogP contribution is 2.14. The molecular weight excluding hydrogens is 278 g/mol. The highest BCUT2D eigenvalue weighted by molar-refractivity contribution is 7.90. The zero-order valence-electron chi connectivity index (χ0n) is 11.1. The van der Waals surface area contributed by atoms with Crippen molar-refractivity contribution < 1.29 is 13.2 Å². The zero-order chi connectivity index (χ0) is 14.8. The lowest BCUT2D eigenvalue weighted by Gasteiger charge is -2.12. The molecule has 106 valence electrons. The molecule has 0 radical (unpaired) electrons. The van der Waals surface area contributed by atoms with Crippen molar-refractivity contribution in [2.24, 2.45) is 0 Å². The Hall–Kier alpha value is -2.15. The van der Waals surface area contributed by atoms with Gasteiger partial charge >= 0.3 is 0 Å². The Morgan fingerprint density at radius 2 is 2.15 bits per heavy atom. The fourth-order valence-corrected chi connectivity index (χ4v) is 2.40. The third-order valence-electron chi connectivity index (χ3n) is 2.89. The van der Waals surface area contributed by atoms with Crippen molar-refractivity contribution in [3.05, 3.63) is 47.8 Å². The largest absolute Gasteiger partial charge is 0.345 e. The first-order valence-electron chi connectivity index (χ1n) is 5.97. The predicted molar refractivity (Wildman–Crippen MR) is 74.0 cm³/mol. The summed E-state index contributed by atoms with van der Waals surface area (Å²) in [6, 6.07) is 5.74. The van der Waals surface area contributed by atoms with E-state index >= 15 is 0 Å². The van der Waals surface area contributed by atoms with Gasteiger partial charge in [0.1, 0.15) is 0 Å². The van der Waals surface area contributed by atoms with Crippen LogP contribution in [0.3, 0.4) is 0 Å². The topological polar surface area (TPSA) is 91.9 Å². The van der Waals surface area contributed by atoms with Gasteiger partial charge in [-0.2, -0.15) is 5.10 Å². The normalized spacial score (nSPS) is 12.9. The van der Waals surface area contributed by atoms with Crippen LogP contribution in [-0.2, 0) is 9.84 Å². The molecule has 1 atom stereocenters. The fourth-order valence-electron chi connectivity index (χ4n) is 1.73. The van der Waals surface area contributed by atoms with Crippen LogP contribution in [0.4, 0.5) is 0 Å². The summed E-state index contributed by atoms with van der Waals surface area (Å²) >= 11 is 0. The molecule has 2 aromatic rings. The van der Waals surface area contributed by atoms with Gasteiger partial charge in [-0.1, -0.05) is 6.07 Å². The van der Waals surface area contributed by atoms with Gasteiger partial charge in [0.25, 0.3) is 5.91 Å². The molecule has 1 unspecified atom stereocenters. The Labute approximate surface area is 117 Å². The van der Waals surface area contributed by atoms with Crippen LogP contribution in [0.2, 0.25) is 0 Å². The molecule has 6 nitrogen and oxygen atoms in total. The van der Waals surface area contributed by atoms with Gasteiger partial charge < -0.3 is 5.32 Å². The molecule has 1 amide bonds. The molecule has 0 aliphatic carbocycles. The molecule has 0 aliphatic rings. The first-order valence-corrected chi connectivity index (χ1v) is 7.87. The van der Waals surface area contributed by atoms with Crippen molar-refractivity contribution in [2.45, 2.75) is 17.9 Å². The number of benzene rings is 1. The molecule has 2 N–H and O–H groups in total. The Balaban J connectivity index is 2.18. The number of sulfone groups is 1. The molecule has 7 heteroatoms. The second-order valence-corrected chi connectivity index (χ2v) is 6.54. The van der Waals surface area contributed by atoms with E-state index in [9.17, 15) is 13.2 Å². The molecular formula is C13H15N3O3S. The second kappa shape index (κ2) is 5.46. The van der Waals surface area contributed by atoms with Crippen LogP contribution in [0.5, 0.6) is 0 Å². The van der Waals surface area contributed by atoms with E-state index in [1.807, 2.05) is 6.92 Å². The molecule has 0 saturated heterocycles. The maximum absolute atomic E-state index is 12.1. The van der Waals surface area contributed by atoms with Crippen LogP contribution >= 0.6 is 0 Å². The summed E-state index contributed by atoms with van der Waals surface area (Å²) in [7, 11) is -3.33. The fraction of sp³-hybridized carbons (Fsp3) is 0.231. The number of H-pyrrole nitrogens is 1.